The minimum Gasteiger partial charge on any atom is -0.396 e. The number of rotatable bonds is 5. The van der Waals surface area contributed by atoms with Crippen molar-refractivity contribution in [1.29, 1.82) is 5.26 Å². The third-order valence-electron chi connectivity index (χ3n) is 4.44. The molecule has 1 unspecified atom stereocenters. The molecule has 1 aliphatic heterocycles. The lowest BCUT2D eigenvalue weighted by Crippen LogP contribution is -2.42. The number of hydrogen-bond acceptors (Lipinski definition) is 4. The van der Waals surface area contributed by atoms with E-state index >= 15 is 0 Å². The van der Waals surface area contributed by atoms with Gasteiger partial charge in [0.15, 0.2) is 0 Å². The van der Waals surface area contributed by atoms with E-state index in [-0.39, 0.29) is 19.1 Å². The number of nitrogens with zero attached hydrogens (tertiary/aromatic N) is 2. The summed E-state index contributed by atoms with van der Waals surface area (Å²) in [5, 5.41) is 21.0. The first kappa shape index (κ1) is 16.3. The van der Waals surface area contributed by atoms with E-state index in [1.165, 1.54) is 0 Å². The van der Waals surface area contributed by atoms with Crippen LogP contribution in [-0.2, 0) is 4.79 Å². The summed E-state index contributed by atoms with van der Waals surface area (Å²) in [6.07, 6.45) is 1.93. The number of carbonyl (C=O) groups is 1. The highest BCUT2D eigenvalue weighted by atomic mass is 16.3. The molecule has 118 valence electrons. The van der Waals surface area contributed by atoms with Crippen molar-refractivity contribution >= 4 is 11.6 Å². The molecule has 0 aliphatic carbocycles. The Morgan fingerprint density at radius 1 is 1.41 bits per heavy atom. The van der Waals surface area contributed by atoms with Gasteiger partial charge in [0, 0.05) is 25.4 Å². The minimum absolute atomic E-state index is 0.0967. The number of aliphatic hydroxyl groups is 1. The molecule has 1 aromatic rings. The molecule has 0 aromatic heterocycles. The van der Waals surface area contributed by atoms with Gasteiger partial charge in [-0.2, -0.15) is 5.26 Å². The van der Waals surface area contributed by atoms with Gasteiger partial charge in [0.25, 0.3) is 0 Å². The van der Waals surface area contributed by atoms with Crippen molar-refractivity contribution in [3.05, 3.63) is 29.8 Å². The maximum Gasteiger partial charge on any atom is 0.241 e. The Morgan fingerprint density at radius 2 is 2.05 bits per heavy atom. The largest absolute Gasteiger partial charge is 0.396 e. The first-order valence-corrected chi connectivity index (χ1v) is 7.76. The number of benzene rings is 1. The zero-order chi connectivity index (χ0) is 15.9. The summed E-state index contributed by atoms with van der Waals surface area (Å²) in [6.45, 7) is 4.09. The fraction of sp³-hybridized carbons (Fsp3) is 0.529. The maximum absolute atomic E-state index is 12.2. The number of carbonyl (C=O) groups excluding carboxylic acids is 1. The molecular weight excluding hydrogens is 278 g/mol. The quantitative estimate of drug-likeness (QED) is 0.870. The van der Waals surface area contributed by atoms with E-state index in [2.05, 4.69) is 18.3 Å². The van der Waals surface area contributed by atoms with Crippen LogP contribution in [0.4, 0.5) is 5.69 Å². The van der Waals surface area contributed by atoms with Gasteiger partial charge in [-0.05, 0) is 48.9 Å². The van der Waals surface area contributed by atoms with E-state index in [4.69, 9.17) is 5.26 Å². The second-order valence-electron chi connectivity index (χ2n) is 5.92. The van der Waals surface area contributed by atoms with Crippen molar-refractivity contribution in [3.8, 4) is 6.07 Å². The van der Waals surface area contributed by atoms with E-state index in [9.17, 15) is 9.90 Å². The molecule has 2 rings (SSSR count). The third kappa shape index (κ3) is 4.22. The van der Waals surface area contributed by atoms with Crippen molar-refractivity contribution in [2.75, 3.05) is 31.6 Å². The minimum atomic E-state index is 0.0967. The van der Waals surface area contributed by atoms with Gasteiger partial charge in [0.05, 0.1) is 18.2 Å². The zero-order valence-electron chi connectivity index (χ0n) is 13.0. The van der Waals surface area contributed by atoms with Crippen LogP contribution in [0.3, 0.4) is 0 Å². The Labute approximate surface area is 131 Å². The Morgan fingerprint density at radius 3 is 2.59 bits per heavy atom. The number of nitrogens with one attached hydrogen (secondary N) is 1. The first-order valence-electron chi connectivity index (χ1n) is 7.76. The molecule has 1 amide bonds. The first-order chi connectivity index (χ1) is 10.6. The molecule has 22 heavy (non-hydrogen) atoms. The number of nitriles is 1. The Hall–Kier alpha value is -2.06. The average Bonchev–Trinajstić information content (AvgIpc) is 2.59. The summed E-state index contributed by atoms with van der Waals surface area (Å²) < 4.78 is 0. The third-order valence-corrected chi connectivity index (χ3v) is 4.44. The van der Waals surface area contributed by atoms with E-state index < -0.39 is 0 Å². The number of hydrogen-bond donors (Lipinski definition) is 2. The maximum atomic E-state index is 12.2. The molecule has 0 radical (unpaired) electrons. The molecular formula is C17H23N3O2. The molecule has 1 fully saturated rings. The van der Waals surface area contributed by atoms with Gasteiger partial charge < -0.3 is 15.3 Å². The van der Waals surface area contributed by atoms with Crippen LogP contribution in [0.2, 0.25) is 0 Å². The van der Waals surface area contributed by atoms with Crippen molar-refractivity contribution in [2.24, 2.45) is 11.8 Å². The van der Waals surface area contributed by atoms with E-state index in [1.54, 1.807) is 24.3 Å². The highest BCUT2D eigenvalue weighted by molar-refractivity contribution is 5.81. The van der Waals surface area contributed by atoms with Gasteiger partial charge in [-0.3, -0.25) is 4.79 Å². The summed E-state index contributed by atoms with van der Waals surface area (Å²) in [4.78, 5) is 14.1. The van der Waals surface area contributed by atoms with Crippen LogP contribution >= 0.6 is 0 Å². The molecule has 5 heteroatoms. The number of anilines is 1. The van der Waals surface area contributed by atoms with Crippen molar-refractivity contribution < 1.29 is 9.90 Å². The fourth-order valence-electron chi connectivity index (χ4n) is 2.82. The summed E-state index contributed by atoms with van der Waals surface area (Å²) in [5.74, 6) is 0.925. The van der Waals surface area contributed by atoms with Gasteiger partial charge in [0.2, 0.25) is 5.91 Å². The standard InChI is InChI=1S/C17H23N3O2/c1-13(12-21)15-6-8-20(9-7-15)17(22)11-19-16-4-2-14(10-18)3-5-16/h2-5,13,15,19,21H,6-9,11-12H2,1H3. The van der Waals surface area contributed by atoms with Gasteiger partial charge >= 0.3 is 0 Å². The highest BCUT2D eigenvalue weighted by Crippen LogP contribution is 2.24. The molecule has 1 saturated heterocycles. The summed E-state index contributed by atoms with van der Waals surface area (Å²) >= 11 is 0. The van der Waals surface area contributed by atoms with Crippen LogP contribution in [0.15, 0.2) is 24.3 Å². The normalized spacial score (nSPS) is 16.9. The van der Waals surface area contributed by atoms with Crippen LogP contribution in [0.1, 0.15) is 25.3 Å². The summed E-state index contributed by atoms with van der Waals surface area (Å²) in [5.41, 5.74) is 1.45. The van der Waals surface area contributed by atoms with Crippen LogP contribution in [-0.4, -0.2) is 42.2 Å². The number of aliphatic hydroxyl groups excluding tert-OH is 1. The van der Waals surface area contributed by atoms with Crippen molar-refractivity contribution in [2.45, 2.75) is 19.8 Å². The lowest BCUT2D eigenvalue weighted by atomic mass is 9.86. The van der Waals surface area contributed by atoms with Crippen LogP contribution in [0.5, 0.6) is 0 Å². The Balaban J connectivity index is 1.77. The smallest absolute Gasteiger partial charge is 0.241 e. The molecule has 0 spiro atoms. The van der Waals surface area contributed by atoms with Gasteiger partial charge in [-0.1, -0.05) is 6.92 Å². The molecule has 0 saturated carbocycles. The fourth-order valence-corrected chi connectivity index (χ4v) is 2.82. The van der Waals surface area contributed by atoms with Gasteiger partial charge in [-0.25, -0.2) is 0 Å². The summed E-state index contributed by atoms with van der Waals surface area (Å²) in [7, 11) is 0. The van der Waals surface area contributed by atoms with Crippen LogP contribution < -0.4 is 5.32 Å². The predicted octanol–water partition coefficient (Wildman–Crippen LogP) is 1.84. The van der Waals surface area contributed by atoms with Gasteiger partial charge in [0.1, 0.15) is 0 Å². The molecule has 1 aromatic carbocycles. The number of amides is 1. The highest BCUT2D eigenvalue weighted by Gasteiger charge is 2.25. The van der Waals surface area contributed by atoms with Crippen LogP contribution in [0, 0.1) is 23.2 Å². The van der Waals surface area contributed by atoms with E-state index in [1.807, 2.05) is 4.90 Å². The van der Waals surface area contributed by atoms with E-state index in [0.29, 0.717) is 17.4 Å². The molecule has 2 N–H and O–H groups in total. The number of piperidine rings is 1. The zero-order valence-corrected chi connectivity index (χ0v) is 13.0. The molecule has 5 nitrogen and oxygen atoms in total. The van der Waals surface area contributed by atoms with Crippen molar-refractivity contribution in [1.82, 2.24) is 4.90 Å². The van der Waals surface area contributed by atoms with E-state index in [0.717, 1.165) is 31.6 Å². The Bertz CT molecular complexity index is 528. The summed E-state index contributed by atoms with van der Waals surface area (Å²) in [6, 6.07) is 9.14. The van der Waals surface area contributed by atoms with Crippen LogP contribution in [0.25, 0.3) is 0 Å². The molecule has 1 aliphatic rings. The topological polar surface area (TPSA) is 76.4 Å². The monoisotopic (exact) mass is 301 g/mol. The SMILES string of the molecule is CC(CO)C1CCN(C(=O)CNc2ccc(C#N)cc2)CC1. The lowest BCUT2D eigenvalue weighted by Gasteiger charge is -2.34. The lowest BCUT2D eigenvalue weighted by molar-refractivity contribution is -0.130. The predicted molar refractivity (Wildman–Crippen MR) is 85.2 cm³/mol. The average molecular weight is 301 g/mol. The molecule has 1 heterocycles. The van der Waals surface area contributed by atoms with Crippen molar-refractivity contribution in [3.63, 3.8) is 0 Å². The molecule has 0 bridgehead atoms. The second-order valence-corrected chi connectivity index (χ2v) is 5.92. The second kappa shape index (κ2) is 7.81. The van der Waals surface area contributed by atoms with Gasteiger partial charge in [-0.15, -0.1) is 0 Å². The Kier molecular flexibility index (Phi) is 5.79. The number of likely N-dealkylation sites (tertiary alicyclic amines) is 1. The molecule has 1 atom stereocenters.